The summed E-state index contributed by atoms with van der Waals surface area (Å²) in [5.41, 5.74) is 0.196. The van der Waals surface area contributed by atoms with Crippen LogP contribution in [0.3, 0.4) is 0 Å². The van der Waals surface area contributed by atoms with E-state index < -0.39 is 21.5 Å². The molecule has 0 aliphatic heterocycles. The van der Waals surface area contributed by atoms with E-state index >= 15 is 0 Å². The highest BCUT2D eigenvalue weighted by atomic mass is 32.2. The molecule has 2 rings (SSSR count). The summed E-state index contributed by atoms with van der Waals surface area (Å²) < 4.78 is 29.9. The SMILES string of the molecule is Cc1ccc(S(=O)(=O)OC2CCC(C(C)(C)C(=O)O)CC2)cc1. The third-order valence-corrected chi connectivity index (χ3v) is 6.19. The van der Waals surface area contributed by atoms with E-state index in [9.17, 15) is 18.3 Å². The highest BCUT2D eigenvalue weighted by Crippen LogP contribution is 2.39. The Morgan fingerprint density at radius 3 is 2.13 bits per heavy atom. The van der Waals surface area contributed by atoms with Crippen molar-refractivity contribution in [2.75, 3.05) is 0 Å². The molecule has 0 spiro atoms. The summed E-state index contributed by atoms with van der Waals surface area (Å²) in [5, 5.41) is 9.29. The van der Waals surface area contributed by atoms with Gasteiger partial charge in [-0.15, -0.1) is 0 Å². The van der Waals surface area contributed by atoms with E-state index in [2.05, 4.69) is 0 Å². The maximum atomic E-state index is 12.3. The fraction of sp³-hybridized carbons (Fsp3) is 0.588. The molecule has 0 atom stereocenters. The van der Waals surface area contributed by atoms with Gasteiger partial charge in [0.05, 0.1) is 16.4 Å². The smallest absolute Gasteiger partial charge is 0.309 e. The Labute approximate surface area is 137 Å². The van der Waals surface area contributed by atoms with Gasteiger partial charge in [0.2, 0.25) is 0 Å². The molecular formula is C17H24O5S. The van der Waals surface area contributed by atoms with E-state index in [4.69, 9.17) is 4.18 Å². The maximum Gasteiger partial charge on any atom is 0.309 e. The van der Waals surface area contributed by atoms with Crippen molar-refractivity contribution in [1.82, 2.24) is 0 Å². The van der Waals surface area contributed by atoms with Gasteiger partial charge in [-0.2, -0.15) is 8.42 Å². The van der Waals surface area contributed by atoms with Crippen molar-refractivity contribution in [3.8, 4) is 0 Å². The van der Waals surface area contributed by atoms with Crippen molar-refractivity contribution < 1.29 is 22.5 Å². The zero-order valence-corrected chi connectivity index (χ0v) is 14.6. The Kier molecular flexibility index (Phi) is 5.16. The van der Waals surface area contributed by atoms with Crippen LogP contribution >= 0.6 is 0 Å². The lowest BCUT2D eigenvalue weighted by molar-refractivity contribution is -0.151. The van der Waals surface area contributed by atoms with Crippen LogP contribution in [0, 0.1) is 18.3 Å². The Hall–Kier alpha value is -1.40. The summed E-state index contributed by atoms with van der Waals surface area (Å²) in [6.07, 6.45) is 2.07. The second-order valence-electron chi connectivity index (χ2n) is 6.86. The number of aliphatic carboxylic acids is 1. The summed E-state index contributed by atoms with van der Waals surface area (Å²) in [4.78, 5) is 11.5. The van der Waals surface area contributed by atoms with Crippen LogP contribution < -0.4 is 0 Å². The van der Waals surface area contributed by atoms with Gasteiger partial charge < -0.3 is 5.11 Å². The zero-order chi connectivity index (χ0) is 17.3. The molecule has 0 amide bonds. The molecule has 0 heterocycles. The topological polar surface area (TPSA) is 80.7 Å². The summed E-state index contributed by atoms with van der Waals surface area (Å²) in [6, 6.07) is 6.57. The van der Waals surface area contributed by atoms with Gasteiger partial charge in [0.25, 0.3) is 10.1 Å². The summed E-state index contributed by atoms with van der Waals surface area (Å²) in [7, 11) is -3.76. The maximum absolute atomic E-state index is 12.3. The largest absolute Gasteiger partial charge is 0.481 e. The lowest BCUT2D eigenvalue weighted by Gasteiger charge is -2.36. The highest BCUT2D eigenvalue weighted by Gasteiger charge is 2.39. The first-order valence-electron chi connectivity index (χ1n) is 7.86. The van der Waals surface area contributed by atoms with E-state index in [1.54, 1.807) is 38.1 Å². The van der Waals surface area contributed by atoms with Crippen LogP contribution in [0.25, 0.3) is 0 Å². The van der Waals surface area contributed by atoms with Crippen LogP contribution in [-0.2, 0) is 19.1 Å². The van der Waals surface area contributed by atoms with Gasteiger partial charge in [-0.05, 0) is 64.5 Å². The van der Waals surface area contributed by atoms with Crippen LogP contribution in [0.15, 0.2) is 29.2 Å². The van der Waals surface area contributed by atoms with Crippen molar-refractivity contribution in [3.05, 3.63) is 29.8 Å². The van der Waals surface area contributed by atoms with Crippen molar-refractivity contribution >= 4 is 16.1 Å². The molecule has 0 unspecified atom stereocenters. The lowest BCUT2D eigenvalue weighted by Crippen LogP contribution is -2.37. The standard InChI is InChI=1S/C17H24O5S/c1-12-4-10-15(11-5-12)23(20,21)22-14-8-6-13(7-9-14)17(2,3)16(18)19/h4-5,10-11,13-14H,6-9H2,1-3H3,(H,18,19). The summed E-state index contributed by atoms with van der Waals surface area (Å²) in [6.45, 7) is 5.34. The minimum atomic E-state index is -3.76. The van der Waals surface area contributed by atoms with Crippen LogP contribution in [0.1, 0.15) is 45.1 Å². The number of hydrogen-bond donors (Lipinski definition) is 1. The quantitative estimate of drug-likeness (QED) is 0.831. The number of carboxylic acids is 1. The van der Waals surface area contributed by atoms with Gasteiger partial charge in [-0.25, -0.2) is 0 Å². The molecule has 0 aromatic heterocycles. The third kappa shape index (κ3) is 4.12. The predicted octanol–water partition coefficient (Wildman–Crippen LogP) is 3.37. The molecule has 23 heavy (non-hydrogen) atoms. The molecule has 5 nitrogen and oxygen atoms in total. The van der Waals surface area contributed by atoms with E-state index in [1.165, 1.54) is 0 Å². The molecule has 0 saturated heterocycles. The molecule has 1 aromatic rings. The van der Waals surface area contributed by atoms with Crippen molar-refractivity contribution in [2.45, 2.75) is 57.5 Å². The van der Waals surface area contributed by atoms with Gasteiger partial charge >= 0.3 is 5.97 Å². The first-order valence-corrected chi connectivity index (χ1v) is 9.27. The first-order chi connectivity index (χ1) is 10.6. The Bertz CT molecular complexity index is 653. The molecule has 1 fully saturated rings. The fourth-order valence-corrected chi connectivity index (χ4v) is 4.13. The first kappa shape index (κ1) is 17.9. The second-order valence-corrected chi connectivity index (χ2v) is 8.44. The van der Waals surface area contributed by atoms with Crippen LogP contribution in [0.5, 0.6) is 0 Å². The van der Waals surface area contributed by atoms with Gasteiger partial charge in [0.1, 0.15) is 0 Å². The van der Waals surface area contributed by atoms with Gasteiger partial charge in [-0.1, -0.05) is 17.7 Å². The molecule has 1 aromatic carbocycles. The monoisotopic (exact) mass is 340 g/mol. The highest BCUT2D eigenvalue weighted by molar-refractivity contribution is 7.86. The van der Waals surface area contributed by atoms with Crippen LogP contribution in [0.4, 0.5) is 0 Å². The van der Waals surface area contributed by atoms with Crippen LogP contribution in [0.2, 0.25) is 0 Å². The van der Waals surface area contributed by atoms with E-state index in [1.807, 2.05) is 6.92 Å². The Balaban J connectivity index is 1.99. The average molecular weight is 340 g/mol. The average Bonchev–Trinajstić information content (AvgIpc) is 2.47. The van der Waals surface area contributed by atoms with Crippen molar-refractivity contribution in [3.63, 3.8) is 0 Å². The van der Waals surface area contributed by atoms with E-state index in [-0.39, 0.29) is 16.9 Å². The molecular weight excluding hydrogens is 316 g/mol. The molecule has 1 aliphatic carbocycles. The molecule has 1 saturated carbocycles. The number of benzene rings is 1. The predicted molar refractivity (Wildman–Crippen MR) is 86.6 cm³/mol. The second kappa shape index (κ2) is 6.61. The normalized spacial score (nSPS) is 22.7. The number of carboxylic acid groups (broad SMARTS) is 1. The molecule has 0 radical (unpaired) electrons. The molecule has 6 heteroatoms. The van der Waals surface area contributed by atoms with Gasteiger partial charge in [0, 0.05) is 0 Å². The minimum Gasteiger partial charge on any atom is -0.481 e. The fourth-order valence-electron chi connectivity index (χ4n) is 3.00. The van der Waals surface area contributed by atoms with Crippen LogP contribution in [-0.4, -0.2) is 25.6 Å². The molecule has 1 aliphatic rings. The number of hydrogen-bond acceptors (Lipinski definition) is 4. The molecule has 128 valence electrons. The van der Waals surface area contributed by atoms with Gasteiger partial charge in [0.15, 0.2) is 0 Å². The van der Waals surface area contributed by atoms with Crippen molar-refractivity contribution in [2.24, 2.45) is 11.3 Å². The molecule has 1 N–H and O–H groups in total. The molecule has 0 bridgehead atoms. The number of aryl methyl sites for hydroxylation is 1. The number of rotatable bonds is 5. The number of carbonyl (C=O) groups is 1. The minimum absolute atomic E-state index is 0.0435. The summed E-state index contributed by atoms with van der Waals surface area (Å²) in [5.74, 6) is -0.768. The van der Waals surface area contributed by atoms with E-state index in [0.29, 0.717) is 25.7 Å². The Morgan fingerprint density at radius 2 is 1.65 bits per heavy atom. The van der Waals surface area contributed by atoms with E-state index in [0.717, 1.165) is 5.56 Å². The third-order valence-electron chi connectivity index (χ3n) is 4.82. The van der Waals surface area contributed by atoms with Gasteiger partial charge in [-0.3, -0.25) is 8.98 Å². The lowest BCUT2D eigenvalue weighted by atomic mass is 9.70. The Morgan fingerprint density at radius 1 is 1.13 bits per heavy atom. The zero-order valence-electron chi connectivity index (χ0n) is 13.8. The van der Waals surface area contributed by atoms with Crippen molar-refractivity contribution in [1.29, 1.82) is 0 Å². The summed E-state index contributed by atoms with van der Waals surface area (Å²) >= 11 is 0.